The van der Waals surface area contributed by atoms with Gasteiger partial charge >= 0.3 is 6.03 Å². The van der Waals surface area contributed by atoms with Crippen molar-refractivity contribution in [3.63, 3.8) is 0 Å². The molecule has 0 heterocycles. The molecule has 0 saturated carbocycles. The lowest BCUT2D eigenvalue weighted by Gasteiger charge is -2.25. The van der Waals surface area contributed by atoms with E-state index in [1.54, 1.807) is 4.90 Å². The highest BCUT2D eigenvalue weighted by atomic mass is 16.2. The van der Waals surface area contributed by atoms with Crippen LogP contribution in [0.2, 0.25) is 0 Å². The molecule has 2 N–H and O–H groups in total. The molecule has 0 radical (unpaired) electrons. The van der Waals surface area contributed by atoms with E-state index in [4.69, 9.17) is 0 Å². The molecular formula is C26H29N3O2. The zero-order chi connectivity index (χ0) is 22.2. The van der Waals surface area contributed by atoms with Crippen molar-refractivity contribution in [1.29, 1.82) is 0 Å². The first-order valence-electron chi connectivity index (χ1n) is 10.5. The molecule has 3 aromatic carbocycles. The van der Waals surface area contributed by atoms with Crippen LogP contribution in [0.4, 0.5) is 16.2 Å². The number of amides is 3. The number of benzene rings is 3. The van der Waals surface area contributed by atoms with E-state index >= 15 is 0 Å². The van der Waals surface area contributed by atoms with Gasteiger partial charge in [0.15, 0.2) is 0 Å². The molecule has 0 unspecified atom stereocenters. The van der Waals surface area contributed by atoms with Gasteiger partial charge in [-0.2, -0.15) is 0 Å². The lowest BCUT2D eigenvalue weighted by atomic mass is 10.1. The minimum Gasteiger partial charge on any atom is -0.336 e. The predicted octanol–water partition coefficient (Wildman–Crippen LogP) is 5.30. The van der Waals surface area contributed by atoms with Crippen LogP contribution in [-0.2, 0) is 17.8 Å². The van der Waals surface area contributed by atoms with E-state index in [-0.39, 0.29) is 24.4 Å². The number of rotatable bonds is 7. The smallest absolute Gasteiger partial charge is 0.322 e. The molecule has 160 valence electrons. The van der Waals surface area contributed by atoms with Gasteiger partial charge in [0.25, 0.3) is 0 Å². The van der Waals surface area contributed by atoms with E-state index in [1.165, 1.54) is 0 Å². The summed E-state index contributed by atoms with van der Waals surface area (Å²) in [6.07, 6.45) is 0.229. The Morgan fingerprint density at radius 3 is 2.29 bits per heavy atom. The van der Waals surface area contributed by atoms with Crippen LogP contribution in [0.5, 0.6) is 0 Å². The van der Waals surface area contributed by atoms with Crippen LogP contribution in [0.1, 0.15) is 30.5 Å². The molecule has 0 bridgehead atoms. The summed E-state index contributed by atoms with van der Waals surface area (Å²) in [5, 5.41) is 5.90. The van der Waals surface area contributed by atoms with Gasteiger partial charge in [-0.3, -0.25) is 9.69 Å². The molecule has 3 rings (SSSR count). The van der Waals surface area contributed by atoms with Crippen molar-refractivity contribution < 1.29 is 9.59 Å². The molecule has 0 aromatic heterocycles. The first-order valence-corrected chi connectivity index (χ1v) is 10.5. The van der Waals surface area contributed by atoms with E-state index in [9.17, 15) is 9.59 Å². The van der Waals surface area contributed by atoms with Crippen LogP contribution in [0.3, 0.4) is 0 Å². The van der Waals surface area contributed by atoms with E-state index in [1.807, 2.05) is 99.6 Å². The van der Waals surface area contributed by atoms with Gasteiger partial charge in [-0.15, -0.1) is 0 Å². The highest BCUT2D eigenvalue weighted by molar-refractivity contribution is 5.94. The lowest BCUT2D eigenvalue weighted by Crippen LogP contribution is -2.42. The maximum absolute atomic E-state index is 12.9. The average Bonchev–Trinajstić information content (AvgIpc) is 2.72. The van der Waals surface area contributed by atoms with Crippen LogP contribution in [0.25, 0.3) is 0 Å². The van der Waals surface area contributed by atoms with Crippen molar-refractivity contribution in [1.82, 2.24) is 5.32 Å². The zero-order valence-corrected chi connectivity index (χ0v) is 18.3. The quantitative estimate of drug-likeness (QED) is 0.550. The van der Waals surface area contributed by atoms with E-state index in [0.717, 1.165) is 28.1 Å². The van der Waals surface area contributed by atoms with Crippen molar-refractivity contribution in [3.8, 4) is 0 Å². The standard InChI is InChI=1S/C26H29N3O2/c1-19(2)27-26(31)29(18-21-10-5-4-6-11-21)24-14-8-12-22(16-24)17-25(30)28-23-13-7-9-20(3)15-23/h4-16,19H,17-18H2,1-3H3,(H,27,31)(H,28,30). The van der Waals surface area contributed by atoms with Gasteiger partial charge in [0.05, 0.1) is 13.0 Å². The number of nitrogens with one attached hydrogen (secondary N) is 2. The van der Waals surface area contributed by atoms with Gasteiger partial charge in [0.2, 0.25) is 5.91 Å². The topological polar surface area (TPSA) is 61.4 Å². The second-order valence-electron chi connectivity index (χ2n) is 7.94. The van der Waals surface area contributed by atoms with E-state index in [0.29, 0.717) is 6.54 Å². The number of hydrogen-bond donors (Lipinski definition) is 2. The van der Waals surface area contributed by atoms with E-state index < -0.39 is 0 Å². The van der Waals surface area contributed by atoms with Gasteiger partial charge in [-0.1, -0.05) is 54.6 Å². The predicted molar refractivity (Wildman–Crippen MR) is 126 cm³/mol. The second-order valence-corrected chi connectivity index (χ2v) is 7.94. The number of nitrogens with zero attached hydrogens (tertiary/aromatic N) is 1. The summed E-state index contributed by atoms with van der Waals surface area (Å²) < 4.78 is 0. The van der Waals surface area contributed by atoms with Crippen molar-refractivity contribution in [2.45, 2.75) is 39.8 Å². The molecule has 0 fully saturated rings. The Balaban J connectivity index is 1.78. The van der Waals surface area contributed by atoms with Crippen LogP contribution in [-0.4, -0.2) is 18.0 Å². The molecule has 0 aliphatic rings. The largest absolute Gasteiger partial charge is 0.336 e. The van der Waals surface area contributed by atoms with Crippen LogP contribution >= 0.6 is 0 Å². The summed E-state index contributed by atoms with van der Waals surface area (Å²) in [4.78, 5) is 27.1. The van der Waals surface area contributed by atoms with Crippen LogP contribution < -0.4 is 15.5 Å². The molecule has 0 atom stereocenters. The molecule has 3 amide bonds. The number of urea groups is 1. The normalized spacial score (nSPS) is 10.6. The Hall–Kier alpha value is -3.60. The fraction of sp³-hybridized carbons (Fsp3) is 0.231. The Labute approximate surface area is 184 Å². The third-order valence-electron chi connectivity index (χ3n) is 4.73. The molecule has 0 saturated heterocycles. The minimum absolute atomic E-state index is 0.0223. The number of anilines is 2. The van der Waals surface area contributed by atoms with Gasteiger partial charge in [0.1, 0.15) is 0 Å². The van der Waals surface area contributed by atoms with Crippen LogP contribution in [0, 0.1) is 6.92 Å². The Kier molecular flexibility index (Phi) is 7.44. The number of carbonyl (C=O) groups is 2. The third kappa shape index (κ3) is 6.71. The van der Waals surface area contributed by atoms with Crippen molar-refractivity contribution >= 4 is 23.3 Å². The highest BCUT2D eigenvalue weighted by Crippen LogP contribution is 2.20. The zero-order valence-electron chi connectivity index (χ0n) is 18.3. The number of carbonyl (C=O) groups excluding carboxylic acids is 2. The summed E-state index contributed by atoms with van der Waals surface area (Å²) in [7, 11) is 0. The number of aryl methyl sites for hydroxylation is 1. The first-order chi connectivity index (χ1) is 14.9. The fourth-order valence-corrected chi connectivity index (χ4v) is 3.32. The summed E-state index contributed by atoms with van der Waals surface area (Å²) in [5.41, 5.74) is 4.50. The van der Waals surface area contributed by atoms with Gasteiger partial charge in [-0.25, -0.2) is 4.79 Å². The monoisotopic (exact) mass is 415 g/mol. The molecule has 0 spiro atoms. The Morgan fingerprint density at radius 1 is 0.871 bits per heavy atom. The highest BCUT2D eigenvalue weighted by Gasteiger charge is 2.18. The SMILES string of the molecule is Cc1cccc(NC(=O)Cc2cccc(N(Cc3ccccc3)C(=O)NC(C)C)c2)c1. The Bertz CT molecular complexity index is 1030. The summed E-state index contributed by atoms with van der Waals surface area (Å²) in [5.74, 6) is -0.0935. The minimum atomic E-state index is -0.166. The summed E-state index contributed by atoms with van der Waals surface area (Å²) in [6, 6.07) is 25.0. The van der Waals surface area contributed by atoms with Crippen LogP contribution in [0.15, 0.2) is 78.9 Å². The number of hydrogen-bond acceptors (Lipinski definition) is 2. The van der Waals surface area contributed by atoms with E-state index in [2.05, 4.69) is 10.6 Å². The summed E-state index contributed by atoms with van der Waals surface area (Å²) in [6.45, 7) is 6.30. The van der Waals surface area contributed by atoms with Crippen molar-refractivity contribution in [3.05, 3.63) is 95.6 Å². The third-order valence-corrected chi connectivity index (χ3v) is 4.73. The second kappa shape index (κ2) is 10.4. The van der Waals surface area contributed by atoms with Gasteiger partial charge in [0, 0.05) is 17.4 Å². The molecule has 5 nitrogen and oxygen atoms in total. The Morgan fingerprint density at radius 2 is 1.58 bits per heavy atom. The molecule has 0 aliphatic carbocycles. The molecule has 0 aliphatic heterocycles. The lowest BCUT2D eigenvalue weighted by molar-refractivity contribution is -0.115. The van der Waals surface area contributed by atoms with Gasteiger partial charge < -0.3 is 10.6 Å². The van der Waals surface area contributed by atoms with Crippen molar-refractivity contribution in [2.75, 3.05) is 10.2 Å². The summed E-state index contributed by atoms with van der Waals surface area (Å²) >= 11 is 0. The maximum atomic E-state index is 12.9. The van der Waals surface area contributed by atoms with Crippen molar-refractivity contribution in [2.24, 2.45) is 0 Å². The molecular weight excluding hydrogens is 386 g/mol. The fourth-order valence-electron chi connectivity index (χ4n) is 3.32. The average molecular weight is 416 g/mol. The molecule has 3 aromatic rings. The molecule has 5 heteroatoms. The first kappa shape index (κ1) is 22.1. The van der Waals surface area contributed by atoms with Gasteiger partial charge in [-0.05, 0) is 61.7 Å². The maximum Gasteiger partial charge on any atom is 0.322 e. The molecule has 31 heavy (non-hydrogen) atoms.